The molecule has 0 atom stereocenters. The third-order valence-corrected chi connectivity index (χ3v) is 6.71. The molecule has 1 aromatic carbocycles. The molecule has 5 heteroatoms. The van der Waals surface area contributed by atoms with Crippen LogP contribution >= 0.6 is 11.3 Å². The van der Waals surface area contributed by atoms with Crippen LogP contribution in [0.1, 0.15) is 40.9 Å². The van der Waals surface area contributed by atoms with Crippen molar-refractivity contribution in [3.8, 4) is 11.1 Å². The highest BCUT2D eigenvalue weighted by Gasteiger charge is 2.31. The van der Waals surface area contributed by atoms with Crippen molar-refractivity contribution >= 4 is 23.2 Å². The van der Waals surface area contributed by atoms with Crippen molar-refractivity contribution in [3.63, 3.8) is 0 Å². The molecule has 0 spiro atoms. The van der Waals surface area contributed by atoms with Crippen molar-refractivity contribution in [1.82, 2.24) is 9.80 Å². The van der Waals surface area contributed by atoms with Crippen LogP contribution in [0, 0.1) is 12.8 Å². The summed E-state index contributed by atoms with van der Waals surface area (Å²) >= 11 is 1.51. The Labute approximate surface area is 164 Å². The SMILES string of the molecule is Cc1ccc(-c2ccsc2C(=O)N2CCN(C(=O)C3CCCC3)CC2)cc1. The van der Waals surface area contributed by atoms with Crippen molar-refractivity contribution in [1.29, 1.82) is 0 Å². The summed E-state index contributed by atoms with van der Waals surface area (Å²) in [6, 6.07) is 10.3. The zero-order chi connectivity index (χ0) is 18.8. The van der Waals surface area contributed by atoms with Crippen LogP contribution in [0.4, 0.5) is 0 Å². The maximum atomic E-state index is 13.1. The van der Waals surface area contributed by atoms with E-state index in [1.54, 1.807) is 0 Å². The number of piperazine rings is 1. The molecule has 142 valence electrons. The normalized spacial score (nSPS) is 18.1. The molecule has 1 aromatic heterocycles. The third-order valence-electron chi connectivity index (χ3n) is 5.81. The molecule has 1 aliphatic carbocycles. The molecule has 0 unspecified atom stereocenters. The van der Waals surface area contributed by atoms with Crippen molar-refractivity contribution in [2.45, 2.75) is 32.6 Å². The summed E-state index contributed by atoms with van der Waals surface area (Å²) in [6.45, 7) is 4.64. The Balaban J connectivity index is 1.42. The molecule has 0 N–H and O–H groups in total. The van der Waals surface area contributed by atoms with E-state index < -0.39 is 0 Å². The Hall–Kier alpha value is -2.14. The monoisotopic (exact) mass is 382 g/mol. The third kappa shape index (κ3) is 3.79. The summed E-state index contributed by atoms with van der Waals surface area (Å²) < 4.78 is 0. The van der Waals surface area contributed by atoms with Crippen LogP contribution in [0.2, 0.25) is 0 Å². The van der Waals surface area contributed by atoms with Gasteiger partial charge in [0.1, 0.15) is 0 Å². The molecule has 2 heterocycles. The number of hydrogen-bond donors (Lipinski definition) is 0. The van der Waals surface area contributed by atoms with Crippen LogP contribution in [0.15, 0.2) is 35.7 Å². The number of thiophene rings is 1. The van der Waals surface area contributed by atoms with Gasteiger partial charge in [-0.1, -0.05) is 42.7 Å². The van der Waals surface area contributed by atoms with Crippen LogP contribution in [-0.4, -0.2) is 47.8 Å². The maximum absolute atomic E-state index is 13.1. The average Bonchev–Trinajstić information content (AvgIpc) is 3.40. The van der Waals surface area contributed by atoms with E-state index in [0.717, 1.165) is 28.8 Å². The number of carbonyl (C=O) groups excluding carboxylic acids is 2. The quantitative estimate of drug-likeness (QED) is 0.798. The van der Waals surface area contributed by atoms with Gasteiger partial charge in [-0.3, -0.25) is 9.59 Å². The van der Waals surface area contributed by atoms with E-state index in [-0.39, 0.29) is 11.8 Å². The molecule has 27 heavy (non-hydrogen) atoms. The van der Waals surface area contributed by atoms with Crippen LogP contribution < -0.4 is 0 Å². The van der Waals surface area contributed by atoms with Gasteiger partial charge in [0.25, 0.3) is 5.91 Å². The molecule has 2 fully saturated rings. The van der Waals surface area contributed by atoms with Crippen LogP contribution in [0.3, 0.4) is 0 Å². The zero-order valence-corrected chi connectivity index (χ0v) is 16.6. The van der Waals surface area contributed by atoms with E-state index in [1.165, 1.54) is 29.7 Å². The predicted octanol–water partition coefficient (Wildman–Crippen LogP) is 4.20. The van der Waals surface area contributed by atoms with Gasteiger partial charge in [-0.05, 0) is 36.8 Å². The number of carbonyl (C=O) groups is 2. The van der Waals surface area contributed by atoms with Crippen LogP contribution in [0.5, 0.6) is 0 Å². The predicted molar refractivity (Wildman–Crippen MR) is 109 cm³/mol. The lowest BCUT2D eigenvalue weighted by Crippen LogP contribution is -2.51. The van der Waals surface area contributed by atoms with Gasteiger partial charge < -0.3 is 9.80 Å². The fraction of sp³-hybridized carbons (Fsp3) is 0.455. The Morgan fingerprint density at radius 1 is 0.926 bits per heavy atom. The summed E-state index contributed by atoms with van der Waals surface area (Å²) in [7, 11) is 0. The second kappa shape index (κ2) is 7.85. The first-order chi connectivity index (χ1) is 13.1. The van der Waals surface area contributed by atoms with Crippen molar-refractivity contribution in [2.75, 3.05) is 26.2 Å². The lowest BCUT2D eigenvalue weighted by molar-refractivity contribution is -0.136. The molecule has 1 aliphatic heterocycles. The van der Waals surface area contributed by atoms with Gasteiger partial charge in [0.2, 0.25) is 5.91 Å². The highest BCUT2D eigenvalue weighted by Crippen LogP contribution is 2.30. The van der Waals surface area contributed by atoms with E-state index in [1.807, 2.05) is 21.2 Å². The highest BCUT2D eigenvalue weighted by atomic mass is 32.1. The van der Waals surface area contributed by atoms with Crippen molar-refractivity contribution < 1.29 is 9.59 Å². The van der Waals surface area contributed by atoms with Crippen LogP contribution in [0.25, 0.3) is 11.1 Å². The minimum atomic E-state index is 0.0912. The molecule has 0 bridgehead atoms. The van der Waals surface area contributed by atoms with Gasteiger partial charge in [0.15, 0.2) is 0 Å². The molecule has 2 aromatic rings. The van der Waals surface area contributed by atoms with Gasteiger partial charge in [-0.25, -0.2) is 0 Å². The van der Waals surface area contributed by atoms with E-state index in [2.05, 4.69) is 31.2 Å². The molecule has 1 saturated heterocycles. The topological polar surface area (TPSA) is 40.6 Å². The minimum absolute atomic E-state index is 0.0912. The lowest BCUT2D eigenvalue weighted by Gasteiger charge is -2.36. The first kappa shape index (κ1) is 18.2. The fourth-order valence-electron chi connectivity index (χ4n) is 4.14. The highest BCUT2D eigenvalue weighted by molar-refractivity contribution is 7.12. The molecule has 4 nitrogen and oxygen atoms in total. The number of nitrogens with zero attached hydrogens (tertiary/aromatic N) is 2. The number of benzene rings is 1. The molecule has 4 rings (SSSR count). The first-order valence-corrected chi connectivity index (χ1v) is 10.7. The average molecular weight is 383 g/mol. The Bertz CT molecular complexity index is 813. The smallest absolute Gasteiger partial charge is 0.264 e. The van der Waals surface area contributed by atoms with E-state index >= 15 is 0 Å². The molecular formula is C22H26N2O2S. The van der Waals surface area contributed by atoms with Gasteiger partial charge in [-0.2, -0.15) is 0 Å². The summed E-state index contributed by atoms with van der Waals surface area (Å²) in [4.78, 5) is 30.4. The van der Waals surface area contributed by atoms with Gasteiger partial charge >= 0.3 is 0 Å². The Morgan fingerprint density at radius 3 is 2.22 bits per heavy atom. The standard InChI is InChI=1S/C22H26N2O2S/c1-16-6-8-17(9-7-16)19-10-15-27-20(19)22(26)24-13-11-23(12-14-24)21(25)18-4-2-3-5-18/h6-10,15,18H,2-5,11-14H2,1H3. The van der Waals surface area contributed by atoms with Gasteiger partial charge in [-0.15, -0.1) is 11.3 Å². The van der Waals surface area contributed by atoms with Gasteiger partial charge in [0, 0.05) is 37.7 Å². The number of rotatable bonds is 3. The molecule has 1 saturated carbocycles. The van der Waals surface area contributed by atoms with Crippen molar-refractivity contribution in [3.05, 3.63) is 46.2 Å². The molecule has 0 radical (unpaired) electrons. The summed E-state index contributed by atoms with van der Waals surface area (Å²) in [6.07, 6.45) is 4.42. The largest absolute Gasteiger partial charge is 0.339 e. The van der Waals surface area contributed by atoms with E-state index in [0.29, 0.717) is 32.1 Å². The molecule has 2 aliphatic rings. The summed E-state index contributed by atoms with van der Waals surface area (Å²) in [5, 5.41) is 1.99. The number of aryl methyl sites for hydroxylation is 1. The number of amides is 2. The Morgan fingerprint density at radius 2 is 1.56 bits per heavy atom. The Kier molecular flexibility index (Phi) is 5.30. The number of hydrogen-bond acceptors (Lipinski definition) is 3. The first-order valence-electron chi connectivity index (χ1n) is 9.86. The second-order valence-corrected chi connectivity index (χ2v) is 8.54. The molecule has 2 amide bonds. The van der Waals surface area contributed by atoms with Crippen LogP contribution in [-0.2, 0) is 4.79 Å². The zero-order valence-electron chi connectivity index (χ0n) is 15.8. The van der Waals surface area contributed by atoms with E-state index in [4.69, 9.17) is 0 Å². The fourth-order valence-corrected chi connectivity index (χ4v) is 5.02. The minimum Gasteiger partial charge on any atom is -0.339 e. The molecular weight excluding hydrogens is 356 g/mol. The summed E-state index contributed by atoms with van der Waals surface area (Å²) in [5.74, 6) is 0.613. The lowest BCUT2D eigenvalue weighted by atomic mass is 10.0. The summed E-state index contributed by atoms with van der Waals surface area (Å²) in [5.41, 5.74) is 3.31. The maximum Gasteiger partial charge on any atom is 0.264 e. The van der Waals surface area contributed by atoms with E-state index in [9.17, 15) is 9.59 Å². The van der Waals surface area contributed by atoms with Gasteiger partial charge in [0.05, 0.1) is 4.88 Å². The second-order valence-electron chi connectivity index (χ2n) is 7.63. The van der Waals surface area contributed by atoms with Crippen molar-refractivity contribution in [2.24, 2.45) is 5.92 Å².